The minimum Gasteiger partial charge on any atom is -0.376 e. The summed E-state index contributed by atoms with van der Waals surface area (Å²) < 4.78 is 0.956. The number of hydrazine groups is 1. The number of aryl methyl sites for hydroxylation is 1. The lowest BCUT2D eigenvalue weighted by Gasteiger charge is -2.09. The Bertz CT molecular complexity index is 671. The molecule has 0 fully saturated rings. The zero-order valence-corrected chi connectivity index (χ0v) is 14.2. The molecule has 0 spiro atoms. The van der Waals surface area contributed by atoms with E-state index in [0.717, 1.165) is 14.8 Å². The first kappa shape index (κ1) is 16.3. The van der Waals surface area contributed by atoms with Gasteiger partial charge in [0.2, 0.25) is 0 Å². The van der Waals surface area contributed by atoms with Crippen LogP contribution in [0, 0.1) is 10.5 Å². The summed E-state index contributed by atoms with van der Waals surface area (Å²) in [6.07, 6.45) is 0. The highest BCUT2D eigenvalue weighted by molar-refractivity contribution is 14.1. The van der Waals surface area contributed by atoms with Gasteiger partial charge < -0.3 is 5.32 Å². The molecule has 2 amide bonds. The molecule has 6 heteroatoms. The standard InChI is InChI=1S/C16H16IN3O2/c1-11-5-7-14(8-6-11)18-10-15(21)19-20-16(22)12-3-2-4-13(17)9-12/h2-9,18H,10H2,1H3,(H,19,21)(H,20,22). The van der Waals surface area contributed by atoms with E-state index >= 15 is 0 Å². The number of anilines is 1. The first-order valence-electron chi connectivity index (χ1n) is 6.70. The van der Waals surface area contributed by atoms with Gasteiger partial charge in [-0.15, -0.1) is 0 Å². The van der Waals surface area contributed by atoms with Crippen molar-refractivity contribution in [3.05, 3.63) is 63.2 Å². The van der Waals surface area contributed by atoms with Gasteiger partial charge in [-0.25, -0.2) is 0 Å². The average molecular weight is 409 g/mol. The van der Waals surface area contributed by atoms with E-state index < -0.39 is 0 Å². The van der Waals surface area contributed by atoms with Crippen molar-refractivity contribution in [2.24, 2.45) is 0 Å². The van der Waals surface area contributed by atoms with Crippen molar-refractivity contribution in [2.75, 3.05) is 11.9 Å². The Labute approximate surface area is 142 Å². The molecule has 22 heavy (non-hydrogen) atoms. The van der Waals surface area contributed by atoms with E-state index in [0.29, 0.717) is 5.56 Å². The maximum Gasteiger partial charge on any atom is 0.269 e. The maximum absolute atomic E-state index is 11.9. The lowest BCUT2D eigenvalue weighted by atomic mass is 10.2. The SMILES string of the molecule is Cc1ccc(NCC(=O)NNC(=O)c2cccc(I)c2)cc1. The third-order valence-electron chi connectivity index (χ3n) is 2.91. The number of benzene rings is 2. The summed E-state index contributed by atoms with van der Waals surface area (Å²) in [4.78, 5) is 23.6. The normalized spacial score (nSPS) is 9.91. The van der Waals surface area contributed by atoms with Crippen LogP contribution < -0.4 is 16.2 Å². The predicted molar refractivity (Wildman–Crippen MR) is 94.4 cm³/mol. The Hall–Kier alpha value is -2.09. The second-order valence-electron chi connectivity index (χ2n) is 4.73. The Balaban J connectivity index is 1.78. The van der Waals surface area contributed by atoms with Gasteiger partial charge in [-0.1, -0.05) is 23.8 Å². The van der Waals surface area contributed by atoms with Crippen LogP contribution in [0.2, 0.25) is 0 Å². The fourth-order valence-electron chi connectivity index (χ4n) is 1.73. The van der Waals surface area contributed by atoms with Gasteiger partial charge >= 0.3 is 0 Å². The van der Waals surface area contributed by atoms with Crippen molar-refractivity contribution in [1.29, 1.82) is 0 Å². The van der Waals surface area contributed by atoms with Crippen molar-refractivity contribution in [2.45, 2.75) is 6.92 Å². The van der Waals surface area contributed by atoms with Crippen LogP contribution >= 0.6 is 22.6 Å². The minimum absolute atomic E-state index is 0.0790. The van der Waals surface area contributed by atoms with Crippen molar-refractivity contribution in [3.8, 4) is 0 Å². The Morgan fingerprint density at radius 2 is 1.77 bits per heavy atom. The van der Waals surface area contributed by atoms with Crippen LogP contribution in [0.1, 0.15) is 15.9 Å². The van der Waals surface area contributed by atoms with Gasteiger partial charge in [-0.2, -0.15) is 0 Å². The Morgan fingerprint density at radius 1 is 1.05 bits per heavy atom. The number of carbonyl (C=O) groups is 2. The van der Waals surface area contributed by atoms with Crippen molar-refractivity contribution >= 4 is 40.1 Å². The number of halogens is 1. The molecule has 0 radical (unpaired) electrons. The Morgan fingerprint density at radius 3 is 2.45 bits per heavy atom. The zero-order valence-electron chi connectivity index (χ0n) is 12.0. The monoisotopic (exact) mass is 409 g/mol. The van der Waals surface area contributed by atoms with E-state index in [1.54, 1.807) is 18.2 Å². The van der Waals surface area contributed by atoms with Gasteiger partial charge in [0.05, 0.1) is 6.54 Å². The number of hydrogen-bond donors (Lipinski definition) is 3. The third-order valence-corrected chi connectivity index (χ3v) is 3.58. The maximum atomic E-state index is 11.9. The van der Waals surface area contributed by atoms with E-state index in [-0.39, 0.29) is 18.4 Å². The number of nitrogens with one attached hydrogen (secondary N) is 3. The zero-order chi connectivity index (χ0) is 15.9. The van der Waals surface area contributed by atoms with E-state index in [1.165, 1.54) is 0 Å². The largest absolute Gasteiger partial charge is 0.376 e. The molecule has 0 aliphatic carbocycles. The quantitative estimate of drug-likeness (QED) is 0.537. The van der Waals surface area contributed by atoms with E-state index in [1.807, 2.05) is 37.3 Å². The third kappa shape index (κ3) is 5.03. The highest BCUT2D eigenvalue weighted by Crippen LogP contribution is 2.08. The van der Waals surface area contributed by atoms with Crippen LogP contribution in [0.3, 0.4) is 0 Å². The van der Waals surface area contributed by atoms with Gasteiger partial charge in [0, 0.05) is 14.8 Å². The second kappa shape index (κ2) is 7.79. The number of amides is 2. The molecular weight excluding hydrogens is 393 g/mol. The number of rotatable bonds is 4. The van der Waals surface area contributed by atoms with Crippen molar-refractivity contribution in [1.82, 2.24) is 10.9 Å². The van der Waals surface area contributed by atoms with Crippen LogP contribution in [0.15, 0.2) is 48.5 Å². The van der Waals surface area contributed by atoms with Crippen LogP contribution in [0.4, 0.5) is 5.69 Å². The summed E-state index contributed by atoms with van der Waals surface area (Å²) in [5.41, 5.74) is 7.27. The Kier molecular flexibility index (Phi) is 5.76. The number of carbonyl (C=O) groups excluding carboxylic acids is 2. The summed E-state index contributed by atoms with van der Waals surface area (Å²) in [6, 6.07) is 14.8. The average Bonchev–Trinajstić information content (AvgIpc) is 2.52. The number of hydrogen-bond acceptors (Lipinski definition) is 3. The van der Waals surface area contributed by atoms with Crippen LogP contribution in [0.5, 0.6) is 0 Å². The molecule has 2 aromatic carbocycles. The first-order chi connectivity index (χ1) is 10.5. The van der Waals surface area contributed by atoms with E-state index in [2.05, 4.69) is 38.8 Å². The minimum atomic E-state index is -0.345. The topological polar surface area (TPSA) is 70.2 Å². The summed E-state index contributed by atoms with van der Waals surface area (Å²) in [5.74, 6) is -0.665. The van der Waals surface area contributed by atoms with Gasteiger partial charge in [-0.3, -0.25) is 20.4 Å². The highest BCUT2D eigenvalue weighted by Gasteiger charge is 2.07. The fourth-order valence-corrected chi connectivity index (χ4v) is 2.27. The van der Waals surface area contributed by atoms with Crippen molar-refractivity contribution in [3.63, 3.8) is 0 Å². The second-order valence-corrected chi connectivity index (χ2v) is 5.98. The van der Waals surface area contributed by atoms with Crippen LogP contribution in [0.25, 0.3) is 0 Å². The molecule has 0 saturated heterocycles. The molecule has 0 heterocycles. The van der Waals surface area contributed by atoms with Gasteiger partial charge in [0.1, 0.15) is 0 Å². The van der Waals surface area contributed by atoms with E-state index in [9.17, 15) is 9.59 Å². The molecular formula is C16H16IN3O2. The van der Waals surface area contributed by atoms with Crippen LogP contribution in [-0.2, 0) is 4.79 Å². The van der Waals surface area contributed by atoms with Gasteiger partial charge in [-0.05, 0) is 59.8 Å². The predicted octanol–water partition coefficient (Wildman–Crippen LogP) is 2.47. The molecule has 0 aromatic heterocycles. The molecule has 3 N–H and O–H groups in total. The van der Waals surface area contributed by atoms with Gasteiger partial charge in [0.15, 0.2) is 0 Å². The molecule has 0 aliphatic heterocycles. The highest BCUT2D eigenvalue weighted by atomic mass is 127. The van der Waals surface area contributed by atoms with Gasteiger partial charge in [0.25, 0.3) is 11.8 Å². The summed E-state index contributed by atoms with van der Waals surface area (Å²) >= 11 is 2.13. The lowest BCUT2D eigenvalue weighted by molar-refractivity contribution is -0.120. The lowest BCUT2D eigenvalue weighted by Crippen LogP contribution is -2.44. The molecule has 0 saturated carbocycles. The smallest absolute Gasteiger partial charge is 0.269 e. The molecule has 114 valence electrons. The molecule has 0 unspecified atom stereocenters. The van der Waals surface area contributed by atoms with E-state index in [4.69, 9.17) is 0 Å². The molecule has 0 atom stereocenters. The summed E-state index contributed by atoms with van der Waals surface area (Å²) in [6.45, 7) is 2.08. The molecule has 2 rings (SSSR count). The van der Waals surface area contributed by atoms with Crippen LogP contribution in [-0.4, -0.2) is 18.4 Å². The summed E-state index contributed by atoms with van der Waals surface area (Å²) in [7, 11) is 0. The first-order valence-corrected chi connectivity index (χ1v) is 7.78. The molecule has 0 aliphatic rings. The summed E-state index contributed by atoms with van der Waals surface area (Å²) in [5, 5.41) is 2.98. The fraction of sp³-hybridized carbons (Fsp3) is 0.125. The molecule has 5 nitrogen and oxygen atoms in total. The van der Waals surface area contributed by atoms with Crippen molar-refractivity contribution < 1.29 is 9.59 Å². The molecule has 0 bridgehead atoms. The molecule has 2 aromatic rings.